The molecule has 0 unspecified atom stereocenters. The highest BCUT2D eigenvalue weighted by Gasteiger charge is 1.94. The predicted octanol–water partition coefficient (Wildman–Crippen LogP) is 2.03. The highest BCUT2D eigenvalue weighted by molar-refractivity contribution is 9.10. The zero-order valence-corrected chi connectivity index (χ0v) is 7.77. The summed E-state index contributed by atoms with van der Waals surface area (Å²) in [5, 5.41) is 0. The fourth-order valence-corrected chi connectivity index (χ4v) is 1.32. The second-order valence-electron chi connectivity index (χ2n) is 2.31. The minimum Gasteiger partial charge on any atom is -0.306 e. The minimum atomic E-state index is 0.828. The normalized spacial score (nSPS) is 10.1. The molecule has 0 fully saturated rings. The van der Waals surface area contributed by atoms with E-state index in [2.05, 4.69) is 25.9 Å². The van der Waals surface area contributed by atoms with E-state index in [4.69, 9.17) is 0 Å². The first-order valence-corrected chi connectivity index (χ1v) is 4.25. The van der Waals surface area contributed by atoms with Crippen LogP contribution in [0.3, 0.4) is 0 Å². The zero-order valence-electron chi connectivity index (χ0n) is 6.18. The minimum absolute atomic E-state index is 0.828. The van der Waals surface area contributed by atoms with Crippen LogP contribution in [-0.4, -0.2) is 14.5 Å². The van der Waals surface area contributed by atoms with Crippen LogP contribution in [0.25, 0.3) is 5.69 Å². The van der Waals surface area contributed by atoms with E-state index in [1.807, 2.05) is 22.9 Å². The van der Waals surface area contributed by atoms with Gasteiger partial charge in [-0.25, -0.2) is 9.97 Å². The van der Waals surface area contributed by atoms with Crippen molar-refractivity contribution < 1.29 is 0 Å². The fourth-order valence-electron chi connectivity index (χ4n) is 0.965. The number of rotatable bonds is 1. The first-order chi connectivity index (χ1) is 5.86. The van der Waals surface area contributed by atoms with Gasteiger partial charge in [0, 0.05) is 18.6 Å². The van der Waals surface area contributed by atoms with Crippen molar-refractivity contribution in [2.24, 2.45) is 0 Å². The van der Waals surface area contributed by atoms with E-state index in [9.17, 15) is 0 Å². The first-order valence-electron chi connectivity index (χ1n) is 3.46. The van der Waals surface area contributed by atoms with Crippen molar-refractivity contribution in [2.75, 3.05) is 0 Å². The maximum Gasteiger partial charge on any atom is 0.108 e. The number of hydrogen-bond acceptors (Lipinski definition) is 2. The summed E-state index contributed by atoms with van der Waals surface area (Å²) in [5.74, 6) is 0. The number of nitrogens with zero attached hydrogens (tertiary/aromatic N) is 3. The Balaban J connectivity index is 2.48. The Bertz CT molecular complexity index is 370. The molecule has 12 heavy (non-hydrogen) atoms. The quantitative estimate of drug-likeness (QED) is 0.694. The molecule has 4 heteroatoms. The van der Waals surface area contributed by atoms with Crippen molar-refractivity contribution in [3.05, 3.63) is 41.7 Å². The van der Waals surface area contributed by atoms with Gasteiger partial charge in [-0.15, -0.1) is 0 Å². The van der Waals surface area contributed by atoms with E-state index in [0.717, 1.165) is 10.3 Å². The number of halogens is 1. The van der Waals surface area contributed by atoms with E-state index in [0.29, 0.717) is 0 Å². The zero-order chi connectivity index (χ0) is 8.39. The lowest BCUT2D eigenvalue weighted by molar-refractivity contribution is 1.04. The predicted molar refractivity (Wildman–Crippen MR) is 49.1 cm³/mol. The van der Waals surface area contributed by atoms with Gasteiger partial charge < -0.3 is 4.57 Å². The van der Waals surface area contributed by atoms with Gasteiger partial charge in [0.2, 0.25) is 0 Å². The molecule has 0 N–H and O–H groups in total. The van der Waals surface area contributed by atoms with Gasteiger partial charge in [-0.05, 0) is 28.1 Å². The van der Waals surface area contributed by atoms with Crippen LogP contribution < -0.4 is 0 Å². The molecule has 0 amide bonds. The monoisotopic (exact) mass is 223 g/mol. The summed E-state index contributed by atoms with van der Waals surface area (Å²) in [6.45, 7) is 0. The van der Waals surface area contributed by atoms with Gasteiger partial charge in [-0.2, -0.15) is 0 Å². The molecule has 0 bridgehead atoms. The average Bonchev–Trinajstić information content (AvgIpc) is 2.56. The van der Waals surface area contributed by atoms with Gasteiger partial charge in [0.05, 0.1) is 12.0 Å². The Hall–Kier alpha value is -1.16. The maximum absolute atomic E-state index is 4.03. The molecule has 2 aromatic heterocycles. The highest BCUT2D eigenvalue weighted by Crippen LogP contribution is 2.11. The van der Waals surface area contributed by atoms with Crippen molar-refractivity contribution in [3.8, 4) is 5.69 Å². The van der Waals surface area contributed by atoms with Crippen LogP contribution >= 0.6 is 15.9 Å². The van der Waals surface area contributed by atoms with Gasteiger partial charge in [-0.1, -0.05) is 0 Å². The second kappa shape index (κ2) is 3.06. The number of imidazole rings is 1. The summed E-state index contributed by atoms with van der Waals surface area (Å²) in [6.07, 6.45) is 7.14. The van der Waals surface area contributed by atoms with Crippen LogP contribution in [-0.2, 0) is 0 Å². The maximum atomic E-state index is 4.03. The van der Waals surface area contributed by atoms with E-state index < -0.39 is 0 Å². The summed E-state index contributed by atoms with van der Waals surface area (Å²) < 4.78 is 2.75. The Kier molecular flexibility index (Phi) is 1.91. The molecule has 0 spiro atoms. The molecule has 0 atom stereocenters. The van der Waals surface area contributed by atoms with Crippen molar-refractivity contribution in [3.63, 3.8) is 0 Å². The molecule has 3 nitrogen and oxygen atoms in total. The lowest BCUT2D eigenvalue weighted by atomic mass is 10.4. The average molecular weight is 224 g/mol. The van der Waals surface area contributed by atoms with Crippen molar-refractivity contribution >= 4 is 15.9 Å². The number of pyridine rings is 1. The van der Waals surface area contributed by atoms with E-state index >= 15 is 0 Å². The first kappa shape index (κ1) is 7.49. The van der Waals surface area contributed by atoms with Gasteiger partial charge in [0.1, 0.15) is 4.60 Å². The molecular formula is C8H6BrN3. The van der Waals surface area contributed by atoms with Crippen molar-refractivity contribution in [1.82, 2.24) is 14.5 Å². The molecule has 2 heterocycles. The van der Waals surface area contributed by atoms with E-state index in [1.54, 1.807) is 18.7 Å². The third-order valence-electron chi connectivity index (χ3n) is 1.51. The summed E-state index contributed by atoms with van der Waals surface area (Å²) in [4.78, 5) is 7.99. The molecule has 0 saturated carbocycles. The van der Waals surface area contributed by atoms with Crippen LogP contribution in [0.5, 0.6) is 0 Å². The van der Waals surface area contributed by atoms with Crippen LogP contribution in [0.1, 0.15) is 0 Å². The van der Waals surface area contributed by atoms with E-state index in [1.165, 1.54) is 0 Å². The van der Waals surface area contributed by atoms with E-state index in [-0.39, 0.29) is 0 Å². The molecule has 2 aromatic rings. The van der Waals surface area contributed by atoms with Gasteiger partial charge in [-0.3, -0.25) is 0 Å². The number of hydrogen-bond donors (Lipinski definition) is 0. The molecule has 0 saturated heterocycles. The van der Waals surface area contributed by atoms with Crippen LogP contribution in [0.15, 0.2) is 41.7 Å². The molecule has 60 valence electrons. The Morgan fingerprint density at radius 2 is 2.25 bits per heavy atom. The Labute approximate surface area is 78.2 Å². The SMILES string of the molecule is Brc1cc(-n2ccnc2)ccn1. The van der Waals surface area contributed by atoms with Gasteiger partial charge in [0.25, 0.3) is 0 Å². The van der Waals surface area contributed by atoms with Crippen molar-refractivity contribution in [1.29, 1.82) is 0 Å². The molecule has 0 aliphatic carbocycles. The van der Waals surface area contributed by atoms with Gasteiger partial charge >= 0.3 is 0 Å². The van der Waals surface area contributed by atoms with Gasteiger partial charge in [0.15, 0.2) is 0 Å². The summed E-state index contributed by atoms with van der Waals surface area (Å²) in [5.41, 5.74) is 1.05. The Morgan fingerprint density at radius 1 is 1.33 bits per heavy atom. The lowest BCUT2D eigenvalue weighted by Crippen LogP contribution is -1.89. The number of aromatic nitrogens is 3. The molecule has 0 aliphatic heterocycles. The van der Waals surface area contributed by atoms with Crippen LogP contribution in [0, 0.1) is 0 Å². The third kappa shape index (κ3) is 1.38. The molecule has 2 rings (SSSR count). The fraction of sp³-hybridized carbons (Fsp3) is 0. The molecular weight excluding hydrogens is 218 g/mol. The summed E-state index contributed by atoms with van der Waals surface area (Å²) in [6, 6.07) is 3.86. The summed E-state index contributed by atoms with van der Waals surface area (Å²) in [7, 11) is 0. The second-order valence-corrected chi connectivity index (χ2v) is 3.12. The third-order valence-corrected chi connectivity index (χ3v) is 1.95. The molecule has 0 radical (unpaired) electrons. The standard InChI is InChI=1S/C8H6BrN3/c9-8-5-7(1-2-11-8)12-4-3-10-6-12/h1-6H. The molecule has 0 aromatic carbocycles. The Morgan fingerprint density at radius 3 is 2.92 bits per heavy atom. The highest BCUT2D eigenvalue weighted by atomic mass is 79.9. The summed E-state index contributed by atoms with van der Waals surface area (Å²) >= 11 is 3.30. The van der Waals surface area contributed by atoms with Crippen LogP contribution in [0.4, 0.5) is 0 Å². The van der Waals surface area contributed by atoms with Crippen LogP contribution in [0.2, 0.25) is 0 Å². The topological polar surface area (TPSA) is 30.7 Å². The smallest absolute Gasteiger partial charge is 0.108 e. The largest absolute Gasteiger partial charge is 0.306 e. The molecule has 0 aliphatic rings. The van der Waals surface area contributed by atoms with Crippen molar-refractivity contribution in [2.45, 2.75) is 0 Å². The lowest BCUT2D eigenvalue weighted by Gasteiger charge is -2.00.